The van der Waals surface area contributed by atoms with E-state index in [0.29, 0.717) is 10.7 Å². The highest BCUT2D eigenvalue weighted by Crippen LogP contribution is 2.26. The average Bonchev–Trinajstić information content (AvgIpc) is 2.90. The molecular weight excluding hydrogens is 326 g/mol. The van der Waals surface area contributed by atoms with Crippen molar-refractivity contribution < 1.29 is 18.3 Å². The van der Waals surface area contributed by atoms with Crippen molar-refractivity contribution in [3.8, 4) is 5.75 Å². The maximum Gasteiger partial charge on any atom is 0.487 e. The predicted molar refractivity (Wildman–Crippen MR) is 73.6 cm³/mol. The van der Waals surface area contributed by atoms with Gasteiger partial charge in [0.05, 0.1) is 11.9 Å². The van der Waals surface area contributed by atoms with Gasteiger partial charge in [0.2, 0.25) is 5.91 Å². The molecule has 2 N–H and O–H groups in total. The van der Waals surface area contributed by atoms with Gasteiger partial charge in [-0.3, -0.25) is 4.79 Å². The maximum atomic E-state index is 12.4. The van der Waals surface area contributed by atoms with Crippen LogP contribution in [0.2, 0.25) is 0 Å². The van der Waals surface area contributed by atoms with Gasteiger partial charge in [-0.1, -0.05) is 11.8 Å². The first-order valence-electron chi connectivity index (χ1n) is 5.56. The third-order valence-corrected chi connectivity index (χ3v) is 3.09. The fraction of sp³-hybridized carbons (Fsp3) is 0.182. The number of carbonyl (C=O) groups is 1. The lowest BCUT2D eigenvalue weighted by molar-refractivity contribution is -0.113. The lowest BCUT2D eigenvalue weighted by Gasteiger charge is -2.11. The van der Waals surface area contributed by atoms with Gasteiger partial charge in [0.25, 0.3) is 0 Å². The summed E-state index contributed by atoms with van der Waals surface area (Å²) in [5.74, 6) is -0.228. The fourth-order valence-electron chi connectivity index (χ4n) is 1.34. The Morgan fingerprint density at radius 1 is 1.43 bits per heavy atom. The average molecular weight is 335 g/mol. The Labute approximate surface area is 127 Å². The number of aromatic amines is 1. The second-order valence-corrected chi connectivity index (χ2v) is 5.15. The van der Waals surface area contributed by atoms with Gasteiger partial charge in [-0.05, 0) is 24.3 Å². The van der Waals surface area contributed by atoms with E-state index in [-0.39, 0.29) is 17.4 Å². The van der Waals surface area contributed by atoms with Crippen LogP contribution < -0.4 is 10.1 Å². The number of alkyl halides is 3. The zero-order chi connectivity index (χ0) is 15.3. The van der Waals surface area contributed by atoms with Crippen LogP contribution in [0.25, 0.3) is 0 Å². The van der Waals surface area contributed by atoms with Gasteiger partial charge in [-0.25, -0.2) is 0 Å². The van der Waals surface area contributed by atoms with Crippen molar-refractivity contribution in [1.29, 1.82) is 0 Å². The van der Waals surface area contributed by atoms with Crippen molar-refractivity contribution in [1.82, 2.24) is 15.4 Å². The van der Waals surface area contributed by atoms with E-state index in [1.54, 1.807) is 0 Å². The van der Waals surface area contributed by atoms with Gasteiger partial charge in [0, 0.05) is 17.3 Å². The first-order valence-corrected chi connectivity index (χ1v) is 6.93. The largest absolute Gasteiger partial charge is 0.487 e. The van der Waals surface area contributed by atoms with Crippen LogP contribution >= 0.6 is 23.4 Å². The molecule has 0 fully saturated rings. The zero-order valence-corrected chi connectivity index (χ0v) is 11.9. The van der Waals surface area contributed by atoms with Crippen LogP contribution in [0.4, 0.5) is 14.5 Å². The Balaban J connectivity index is 1.83. The van der Waals surface area contributed by atoms with E-state index in [1.165, 1.54) is 42.2 Å². The molecule has 0 aliphatic heterocycles. The summed E-state index contributed by atoms with van der Waals surface area (Å²) in [6.45, 7) is 0. The highest BCUT2D eigenvalue weighted by Gasteiger charge is 2.27. The Morgan fingerprint density at radius 2 is 2.14 bits per heavy atom. The fourth-order valence-corrected chi connectivity index (χ4v) is 2.01. The van der Waals surface area contributed by atoms with Gasteiger partial charge in [0.15, 0.2) is 0 Å². The number of nitrogens with zero attached hydrogens (tertiary/aromatic N) is 2. The monoisotopic (exact) mass is 334 g/mol. The molecule has 0 bridgehead atoms. The normalized spacial score (nSPS) is 11.2. The van der Waals surface area contributed by atoms with Gasteiger partial charge in [-0.2, -0.15) is 10.3 Å². The number of rotatable bonds is 6. The van der Waals surface area contributed by atoms with Crippen molar-refractivity contribution in [3.63, 3.8) is 0 Å². The molecule has 10 heteroatoms. The van der Waals surface area contributed by atoms with E-state index in [0.717, 1.165) is 0 Å². The molecule has 0 aliphatic carbocycles. The number of H-pyrrole nitrogens is 1. The molecule has 0 radical (unpaired) electrons. The summed E-state index contributed by atoms with van der Waals surface area (Å²) in [7, 11) is 0. The lowest BCUT2D eigenvalue weighted by Crippen LogP contribution is -2.16. The van der Waals surface area contributed by atoms with Crippen LogP contribution in [-0.2, 0) is 4.79 Å². The number of benzene rings is 1. The Morgan fingerprint density at radius 3 is 2.71 bits per heavy atom. The molecule has 112 valence electrons. The van der Waals surface area contributed by atoms with Gasteiger partial charge in [0.1, 0.15) is 10.8 Å². The number of halogens is 3. The molecular formula is C11H9ClF2N4O2S. The van der Waals surface area contributed by atoms with Crippen molar-refractivity contribution in [2.24, 2.45) is 0 Å². The maximum absolute atomic E-state index is 12.4. The van der Waals surface area contributed by atoms with E-state index in [2.05, 4.69) is 37.1 Å². The number of ether oxygens (including phenoxy) is 1. The summed E-state index contributed by atoms with van der Waals surface area (Å²) in [5, 5.41) is 13.0. The number of anilines is 1. The van der Waals surface area contributed by atoms with Gasteiger partial charge < -0.3 is 10.1 Å². The Kier molecular flexibility index (Phi) is 4.97. The van der Waals surface area contributed by atoms with Gasteiger partial charge >= 0.3 is 5.57 Å². The van der Waals surface area contributed by atoms with E-state index in [4.69, 9.17) is 0 Å². The van der Waals surface area contributed by atoms with Crippen LogP contribution in [0.3, 0.4) is 0 Å². The standard InChI is InChI=1S/C11H9ClF2N4O2S/c12-11(13,14)20-8-3-1-7(2-4-8)16-9(19)6-21-10-5-15-18-17-10/h1-5H,6H2,(H,16,19)(H,15,17,18). The molecule has 6 nitrogen and oxygen atoms in total. The van der Waals surface area contributed by atoms with E-state index < -0.39 is 5.57 Å². The summed E-state index contributed by atoms with van der Waals surface area (Å²) < 4.78 is 29.0. The summed E-state index contributed by atoms with van der Waals surface area (Å²) in [4.78, 5) is 11.7. The predicted octanol–water partition coefficient (Wildman–Crippen LogP) is 2.70. The molecule has 2 aromatic rings. The number of amides is 1. The second-order valence-electron chi connectivity index (χ2n) is 3.72. The minimum absolute atomic E-state index is 0.107. The summed E-state index contributed by atoms with van der Waals surface area (Å²) in [6, 6.07) is 5.40. The summed E-state index contributed by atoms with van der Waals surface area (Å²) >= 11 is 5.85. The second kappa shape index (κ2) is 6.72. The molecule has 21 heavy (non-hydrogen) atoms. The van der Waals surface area contributed by atoms with Crippen LogP contribution in [0.1, 0.15) is 0 Å². The van der Waals surface area contributed by atoms with Crippen molar-refractivity contribution in [2.45, 2.75) is 10.6 Å². The van der Waals surface area contributed by atoms with E-state index in [1.807, 2.05) is 0 Å². The SMILES string of the molecule is O=C(CSc1cn[nH]n1)Nc1ccc(OC(F)(F)Cl)cc1. The van der Waals surface area contributed by atoms with Crippen molar-refractivity contribution >= 4 is 35.0 Å². The van der Waals surface area contributed by atoms with Crippen LogP contribution in [0.15, 0.2) is 35.5 Å². The summed E-state index contributed by atoms with van der Waals surface area (Å²) in [5.41, 5.74) is -3.31. The van der Waals surface area contributed by atoms with Crippen LogP contribution in [0, 0.1) is 0 Å². The number of nitrogens with one attached hydrogen (secondary N) is 2. The lowest BCUT2D eigenvalue weighted by atomic mass is 10.3. The highest BCUT2D eigenvalue weighted by molar-refractivity contribution is 7.99. The minimum atomic E-state index is -3.76. The third-order valence-electron chi connectivity index (χ3n) is 2.12. The molecule has 1 aromatic carbocycles. The third kappa shape index (κ3) is 5.56. The smallest absolute Gasteiger partial charge is 0.420 e. The molecule has 0 atom stereocenters. The van der Waals surface area contributed by atoms with Gasteiger partial charge in [-0.15, -0.1) is 13.9 Å². The number of thioether (sulfide) groups is 1. The molecule has 0 saturated heterocycles. The van der Waals surface area contributed by atoms with Crippen molar-refractivity contribution in [2.75, 3.05) is 11.1 Å². The highest BCUT2D eigenvalue weighted by atomic mass is 35.5. The molecule has 1 heterocycles. The number of hydrogen-bond donors (Lipinski definition) is 2. The Hall–Kier alpha value is -1.87. The number of carbonyl (C=O) groups excluding carboxylic acids is 1. The topological polar surface area (TPSA) is 79.9 Å². The molecule has 1 amide bonds. The number of hydrogen-bond acceptors (Lipinski definition) is 5. The first kappa shape index (κ1) is 15.5. The summed E-state index contributed by atoms with van der Waals surface area (Å²) in [6.07, 6.45) is 1.50. The molecule has 1 aromatic heterocycles. The molecule has 0 saturated carbocycles. The number of aromatic nitrogens is 3. The Bertz CT molecular complexity index is 589. The minimum Gasteiger partial charge on any atom is -0.420 e. The molecule has 0 unspecified atom stereocenters. The first-order chi connectivity index (χ1) is 9.92. The molecule has 0 spiro atoms. The van der Waals surface area contributed by atoms with E-state index >= 15 is 0 Å². The van der Waals surface area contributed by atoms with Crippen LogP contribution in [-0.4, -0.2) is 32.6 Å². The van der Waals surface area contributed by atoms with Crippen molar-refractivity contribution in [3.05, 3.63) is 30.5 Å². The quantitative estimate of drug-likeness (QED) is 0.627. The zero-order valence-electron chi connectivity index (χ0n) is 10.3. The van der Waals surface area contributed by atoms with E-state index in [9.17, 15) is 13.6 Å². The molecule has 2 rings (SSSR count). The van der Waals surface area contributed by atoms with Crippen LogP contribution in [0.5, 0.6) is 5.75 Å². The molecule has 0 aliphatic rings.